The van der Waals surface area contributed by atoms with Crippen molar-refractivity contribution in [1.29, 1.82) is 0 Å². The minimum atomic E-state index is -0.681. The van der Waals surface area contributed by atoms with Crippen molar-refractivity contribution in [2.75, 3.05) is 12.0 Å². The molecule has 0 radical (unpaired) electrons. The Hall–Kier alpha value is -1.98. The van der Waals surface area contributed by atoms with E-state index in [9.17, 15) is 9.59 Å². The van der Waals surface area contributed by atoms with Crippen LogP contribution in [0.5, 0.6) is 0 Å². The van der Waals surface area contributed by atoms with Crippen LogP contribution in [0.4, 0.5) is 0 Å². The molecule has 2 aromatic rings. The first-order chi connectivity index (χ1) is 12.1. The number of benzene rings is 2. The van der Waals surface area contributed by atoms with Gasteiger partial charge in [-0.15, -0.1) is 0 Å². The fourth-order valence-electron chi connectivity index (χ4n) is 2.16. The smallest absolute Gasteiger partial charge is 0.329 e. The lowest BCUT2D eigenvalue weighted by Crippen LogP contribution is -2.42. The summed E-state index contributed by atoms with van der Waals surface area (Å²) in [6.07, 6.45) is 2.46. The van der Waals surface area contributed by atoms with Crippen LogP contribution in [0.2, 0.25) is 5.02 Å². The highest BCUT2D eigenvalue weighted by atomic mass is 35.5. The summed E-state index contributed by atoms with van der Waals surface area (Å²) < 4.78 is 5.36. The molecule has 132 valence electrons. The minimum Gasteiger partial charge on any atom is -0.459 e. The number of rotatable bonds is 8. The Morgan fingerprint density at radius 2 is 1.80 bits per heavy atom. The first-order valence-corrected chi connectivity index (χ1v) is 9.63. The van der Waals surface area contributed by atoms with E-state index >= 15 is 0 Å². The van der Waals surface area contributed by atoms with Gasteiger partial charge in [0, 0.05) is 10.6 Å². The summed E-state index contributed by atoms with van der Waals surface area (Å²) in [4.78, 5) is 24.7. The van der Waals surface area contributed by atoms with E-state index in [4.69, 9.17) is 16.3 Å². The predicted molar refractivity (Wildman–Crippen MR) is 102 cm³/mol. The average molecular weight is 378 g/mol. The zero-order valence-electron chi connectivity index (χ0n) is 13.9. The van der Waals surface area contributed by atoms with Crippen molar-refractivity contribution in [3.63, 3.8) is 0 Å². The summed E-state index contributed by atoms with van der Waals surface area (Å²) in [6.45, 7) is 0.187. The number of carbonyl (C=O) groups is 2. The molecule has 0 aliphatic heterocycles. The van der Waals surface area contributed by atoms with E-state index in [1.54, 1.807) is 36.0 Å². The highest BCUT2D eigenvalue weighted by Gasteiger charge is 2.22. The Morgan fingerprint density at radius 3 is 2.44 bits per heavy atom. The first-order valence-electron chi connectivity index (χ1n) is 7.86. The molecular formula is C19H20ClNO3S. The van der Waals surface area contributed by atoms with Crippen LogP contribution in [0.15, 0.2) is 54.6 Å². The summed E-state index contributed by atoms with van der Waals surface area (Å²) in [7, 11) is 0. The number of thioether (sulfide) groups is 1. The van der Waals surface area contributed by atoms with Crippen molar-refractivity contribution in [3.05, 3.63) is 70.7 Å². The van der Waals surface area contributed by atoms with Crippen molar-refractivity contribution >= 4 is 35.2 Å². The summed E-state index contributed by atoms with van der Waals surface area (Å²) in [5, 5.41) is 3.31. The van der Waals surface area contributed by atoms with Crippen LogP contribution in [0.1, 0.15) is 22.3 Å². The number of amides is 1. The van der Waals surface area contributed by atoms with E-state index in [1.165, 1.54) is 0 Å². The lowest BCUT2D eigenvalue weighted by molar-refractivity contribution is -0.147. The third-order valence-electron chi connectivity index (χ3n) is 3.53. The molecular weight excluding hydrogens is 358 g/mol. The van der Waals surface area contributed by atoms with Crippen molar-refractivity contribution in [2.24, 2.45) is 0 Å². The number of esters is 1. The fourth-order valence-corrected chi connectivity index (χ4v) is 2.75. The Morgan fingerprint density at radius 1 is 1.12 bits per heavy atom. The van der Waals surface area contributed by atoms with Gasteiger partial charge in [0.2, 0.25) is 0 Å². The van der Waals surface area contributed by atoms with E-state index in [0.29, 0.717) is 17.0 Å². The molecule has 0 aromatic heterocycles. The number of hydrogen-bond acceptors (Lipinski definition) is 4. The molecule has 0 bridgehead atoms. The van der Waals surface area contributed by atoms with Crippen LogP contribution in [0.3, 0.4) is 0 Å². The summed E-state index contributed by atoms with van der Waals surface area (Å²) in [5.41, 5.74) is 1.36. The van der Waals surface area contributed by atoms with Gasteiger partial charge in [-0.3, -0.25) is 4.79 Å². The van der Waals surface area contributed by atoms with Crippen molar-refractivity contribution in [2.45, 2.75) is 19.1 Å². The van der Waals surface area contributed by atoms with Crippen LogP contribution >= 0.6 is 23.4 Å². The van der Waals surface area contributed by atoms with Crippen LogP contribution in [0.25, 0.3) is 0 Å². The number of nitrogens with one attached hydrogen (secondary N) is 1. The quantitative estimate of drug-likeness (QED) is 0.708. The molecule has 0 unspecified atom stereocenters. The Kier molecular flexibility index (Phi) is 7.82. The predicted octanol–water partition coefficient (Wildman–Crippen LogP) is 3.93. The third kappa shape index (κ3) is 6.44. The number of ether oxygens (including phenoxy) is 1. The molecule has 1 atom stereocenters. The number of halogens is 1. The molecule has 0 aliphatic carbocycles. The first kappa shape index (κ1) is 19.3. The maximum Gasteiger partial charge on any atom is 0.329 e. The van der Waals surface area contributed by atoms with Gasteiger partial charge in [-0.1, -0.05) is 41.9 Å². The summed E-state index contributed by atoms with van der Waals surface area (Å²) in [5.74, 6) is -0.00826. The topological polar surface area (TPSA) is 55.4 Å². The van der Waals surface area contributed by atoms with Gasteiger partial charge in [-0.05, 0) is 48.3 Å². The van der Waals surface area contributed by atoms with Gasteiger partial charge in [0.15, 0.2) is 0 Å². The van der Waals surface area contributed by atoms with Crippen molar-refractivity contribution in [1.82, 2.24) is 5.32 Å². The monoisotopic (exact) mass is 377 g/mol. The highest BCUT2D eigenvalue weighted by molar-refractivity contribution is 7.98. The van der Waals surface area contributed by atoms with Gasteiger partial charge < -0.3 is 10.1 Å². The molecule has 1 amide bonds. The molecule has 0 spiro atoms. The van der Waals surface area contributed by atoms with Crippen LogP contribution in [0, 0.1) is 0 Å². The lowest BCUT2D eigenvalue weighted by atomic mass is 10.1. The van der Waals surface area contributed by atoms with Gasteiger partial charge in [0.25, 0.3) is 5.91 Å². The van der Waals surface area contributed by atoms with Crippen molar-refractivity contribution < 1.29 is 14.3 Å². The summed E-state index contributed by atoms with van der Waals surface area (Å²) in [6, 6.07) is 15.3. The molecule has 4 nitrogen and oxygen atoms in total. The fraction of sp³-hybridized carbons (Fsp3) is 0.263. The second-order valence-electron chi connectivity index (χ2n) is 5.41. The van der Waals surface area contributed by atoms with Gasteiger partial charge in [0.1, 0.15) is 12.6 Å². The van der Waals surface area contributed by atoms with Gasteiger partial charge >= 0.3 is 5.97 Å². The van der Waals surface area contributed by atoms with E-state index in [-0.39, 0.29) is 12.5 Å². The molecule has 6 heteroatoms. The molecule has 0 fully saturated rings. The normalized spacial score (nSPS) is 11.6. The molecule has 0 aliphatic rings. The van der Waals surface area contributed by atoms with Crippen LogP contribution in [-0.4, -0.2) is 29.9 Å². The third-order valence-corrected chi connectivity index (χ3v) is 4.43. The number of carbonyl (C=O) groups excluding carboxylic acids is 2. The van der Waals surface area contributed by atoms with E-state index in [1.807, 2.05) is 36.6 Å². The SMILES string of the molecule is CSCC[C@@H](NC(=O)c1ccc(Cl)cc1)C(=O)OCc1ccccc1. The Balaban J connectivity index is 1.97. The standard InChI is InChI=1S/C19H20ClNO3S/c1-25-12-11-17(19(23)24-13-14-5-3-2-4-6-14)21-18(22)15-7-9-16(20)10-8-15/h2-10,17H,11-13H2,1H3,(H,21,22)/t17-/m1/s1. The van der Waals surface area contributed by atoms with E-state index < -0.39 is 12.0 Å². The molecule has 2 rings (SSSR count). The minimum absolute atomic E-state index is 0.187. The van der Waals surface area contributed by atoms with E-state index in [2.05, 4.69) is 5.32 Å². The maximum absolute atomic E-state index is 12.4. The van der Waals surface area contributed by atoms with Gasteiger partial charge in [-0.25, -0.2) is 4.79 Å². The molecule has 1 N–H and O–H groups in total. The van der Waals surface area contributed by atoms with Gasteiger partial charge in [0.05, 0.1) is 0 Å². The zero-order chi connectivity index (χ0) is 18.1. The average Bonchev–Trinajstić information content (AvgIpc) is 2.64. The second kappa shape index (κ2) is 10.1. The maximum atomic E-state index is 12.4. The second-order valence-corrected chi connectivity index (χ2v) is 6.83. The highest BCUT2D eigenvalue weighted by Crippen LogP contribution is 2.11. The molecule has 0 saturated heterocycles. The van der Waals surface area contributed by atoms with Gasteiger partial charge in [-0.2, -0.15) is 11.8 Å². The van der Waals surface area contributed by atoms with Crippen molar-refractivity contribution in [3.8, 4) is 0 Å². The Bertz CT molecular complexity index is 692. The lowest BCUT2D eigenvalue weighted by Gasteiger charge is -2.17. The number of hydrogen-bond donors (Lipinski definition) is 1. The largest absolute Gasteiger partial charge is 0.459 e. The Labute approximate surface area is 156 Å². The van der Waals surface area contributed by atoms with Crippen LogP contribution in [-0.2, 0) is 16.1 Å². The zero-order valence-corrected chi connectivity index (χ0v) is 15.5. The summed E-state index contributed by atoms with van der Waals surface area (Å²) >= 11 is 7.44. The van der Waals surface area contributed by atoms with Crippen LogP contribution < -0.4 is 5.32 Å². The molecule has 25 heavy (non-hydrogen) atoms. The molecule has 0 heterocycles. The molecule has 0 saturated carbocycles. The molecule has 2 aromatic carbocycles. The van der Waals surface area contributed by atoms with E-state index in [0.717, 1.165) is 11.3 Å².